The van der Waals surface area contributed by atoms with Crippen molar-refractivity contribution < 1.29 is 0 Å². The van der Waals surface area contributed by atoms with Gasteiger partial charge >= 0.3 is 0 Å². The van der Waals surface area contributed by atoms with Gasteiger partial charge in [0.05, 0.1) is 16.7 Å². The van der Waals surface area contributed by atoms with E-state index in [1.165, 1.54) is 3.57 Å². The molecular formula is C12H13IN2S. The molecule has 1 heterocycles. The molecule has 1 aromatic heterocycles. The molecule has 0 aliphatic rings. The van der Waals surface area contributed by atoms with Crippen LogP contribution in [0.15, 0.2) is 29.6 Å². The molecule has 0 spiro atoms. The van der Waals surface area contributed by atoms with Gasteiger partial charge in [-0.3, -0.25) is 0 Å². The molecule has 4 heteroatoms. The van der Waals surface area contributed by atoms with Gasteiger partial charge in [-0.2, -0.15) is 0 Å². The topological polar surface area (TPSA) is 24.9 Å². The summed E-state index contributed by atoms with van der Waals surface area (Å²) in [5.74, 6) is 0. The molecule has 0 bridgehead atoms. The van der Waals surface area contributed by atoms with E-state index in [4.69, 9.17) is 0 Å². The van der Waals surface area contributed by atoms with Crippen LogP contribution in [0.4, 0.5) is 5.69 Å². The molecule has 0 saturated heterocycles. The number of nitrogens with one attached hydrogen (secondary N) is 1. The number of aromatic nitrogens is 1. The summed E-state index contributed by atoms with van der Waals surface area (Å²) in [5, 5.41) is 6.68. The van der Waals surface area contributed by atoms with Gasteiger partial charge in [0.2, 0.25) is 0 Å². The lowest BCUT2D eigenvalue weighted by atomic mass is 10.2. The van der Waals surface area contributed by atoms with Gasteiger partial charge in [0, 0.05) is 14.6 Å². The Morgan fingerprint density at radius 2 is 2.25 bits per heavy atom. The van der Waals surface area contributed by atoms with Crippen molar-refractivity contribution in [1.82, 2.24) is 4.98 Å². The maximum Gasteiger partial charge on any atom is 0.0898 e. The Morgan fingerprint density at radius 3 is 2.88 bits per heavy atom. The summed E-state index contributed by atoms with van der Waals surface area (Å²) < 4.78 is 1.24. The van der Waals surface area contributed by atoms with Crippen molar-refractivity contribution >= 4 is 39.6 Å². The smallest absolute Gasteiger partial charge is 0.0898 e. The molecule has 1 N–H and O–H groups in total. The molecule has 0 radical (unpaired) electrons. The summed E-state index contributed by atoms with van der Waals surface area (Å²) in [4.78, 5) is 4.48. The maximum atomic E-state index is 4.48. The van der Waals surface area contributed by atoms with Crippen LogP contribution in [0.5, 0.6) is 0 Å². The number of benzene rings is 1. The third kappa shape index (κ3) is 2.95. The Labute approximate surface area is 113 Å². The quantitative estimate of drug-likeness (QED) is 0.843. The van der Waals surface area contributed by atoms with Crippen molar-refractivity contribution in [3.63, 3.8) is 0 Å². The molecule has 1 unspecified atom stereocenters. The standard InChI is InChI=1S/C12H13IN2S/c1-8(12-7-16-9(2)15-12)14-11-5-3-4-10(13)6-11/h3-8,14H,1-2H3. The normalized spacial score (nSPS) is 12.4. The fourth-order valence-electron chi connectivity index (χ4n) is 1.48. The van der Waals surface area contributed by atoms with E-state index in [2.05, 4.69) is 69.5 Å². The first-order chi connectivity index (χ1) is 7.65. The van der Waals surface area contributed by atoms with Crippen LogP contribution >= 0.6 is 33.9 Å². The minimum absolute atomic E-state index is 0.253. The van der Waals surface area contributed by atoms with Gasteiger partial charge in [0.25, 0.3) is 0 Å². The van der Waals surface area contributed by atoms with Gasteiger partial charge in [-0.25, -0.2) is 4.98 Å². The van der Waals surface area contributed by atoms with Gasteiger partial charge < -0.3 is 5.32 Å². The number of aryl methyl sites for hydroxylation is 1. The third-order valence-corrected chi connectivity index (χ3v) is 3.75. The predicted molar refractivity (Wildman–Crippen MR) is 78.0 cm³/mol. The zero-order valence-corrected chi connectivity index (χ0v) is 12.2. The van der Waals surface area contributed by atoms with Crippen LogP contribution < -0.4 is 5.32 Å². The summed E-state index contributed by atoms with van der Waals surface area (Å²) >= 11 is 4.01. The highest BCUT2D eigenvalue weighted by molar-refractivity contribution is 14.1. The lowest BCUT2D eigenvalue weighted by Gasteiger charge is -2.13. The Morgan fingerprint density at radius 1 is 1.44 bits per heavy atom. The van der Waals surface area contributed by atoms with Crippen LogP contribution in [0.25, 0.3) is 0 Å². The average Bonchev–Trinajstić information content (AvgIpc) is 2.65. The summed E-state index contributed by atoms with van der Waals surface area (Å²) in [6.07, 6.45) is 0. The zero-order chi connectivity index (χ0) is 11.5. The Bertz CT molecular complexity index is 481. The first-order valence-corrected chi connectivity index (χ1v) is 7.05. The highest BCUT2D eigenvalue weighted by Gasteiger charge is 2.08. The molecule has 2 aromatic rings. The van der Waals surface area contributed by atoms with E-state index in [9.17, 15) is 0 Å². The summed E-state index contributed by atoms with van der Waals surface area (Å²) in [6.45, 7) is 4.17. The van der Waals surface area contributed by atoms with Gasteiger partial charge in [0.15, 0.2) is 0 Å². The first-order valence-electron chi connectivity index (χ1n) is 5.09. The molecule has 1 atom stereocenters. The van der Waals surface area contributed by atoms with Crippen LogP contribution in [-0.2, 0) is 0 Å². The molecule has 2 nitrogen and oxygen atoms in total. The number of hydrogen-bond donors (Lipinski definition) is 1. The Kier molecular flexibility index (Phi) is 3.81. The molecule has 0 saturated carbocycles. The molecule has 1 aromatic carbocycles. The van der Waals surface area contributed by atoms with E-state index in [0.29, 0.717) is 0 Å². The third-order valence-electron chi connectivity index (χ3n) is 2.29. The van der Waals surface area contributed by atoms with E-state index < -0.39 is 0 Å². The Balaban J connectivity index is 2.10. The van der Waals surface area contributed by atoms with Gasteiger partial charge in [-0.05, 0) is 54.6 Å². The molecule has 2 rings (SSSR count). The van der Waals surface area contributed by atoms with E-state index >= 15 is 0 Å². The van der Waals surface area contributed by atoms with Crippen molar-refractivity contribution in [3.05, 3.63) is 43.9 Å². The molecule has 0 amide bonds. The molecule has 0 aliphatic carbocycles. The molecule has 0 aliphatic heterocycles. The minimum Gasteiger partial charge on any atom is -0.377 e. The predicted octanol–water partition coefficient (Wildman–Crippen LogP) is 4.23. The van der Waals surface area contributed by atoms with E-state index in [-0.39, 0.29) is 6.04 Å². The van der Waals surface area contributed by atoms with Crippen LogP contribution in [0, 0.1) is 10.5 Å². The largest absolute Gasteiger partial charge is 0.377 e. The van der Waals surface area contributed by atoms with Crippen molar-refractivity contribution in [1.29, 1.82) is 0 Å². The number of rotatable bonds is 3. The van der Waals surface area contributed by atoms with E-state index in [0.717, 1.165) is 16.4 Å². The Hall–Kier alpha value is -0.620. The van der Waals surface area contributed by atoms with Gasteiger partial charge in [-0.1, -0.05) is 6.07 Å². The zero-order valence-electron chi connectivity index (χ0n) is 9.20. The summed E-state index contributed by atoms with van der Waals surface area (Å²) in [6, 6.07) is 8.61. The second kappa shape index (κ2) is 5.14. The number of anilines is 1. The van der Waals surface area contributed by atoms with Crippen molar-refractivity contribution in [3.8, 4) is 0 Å². The molecule has 0 fully saturated rings. The number of hydrogen-bond acceptors (Lipinski definition) is 3. The second-order valence-corrected chi connectivity index (χ2v) is 5.98. The second-order valence-electron chi connectivity index (χ2n) is 3.67. The van der Waals surface area contributed by atoms with Crippen LogP contribution in [0.3, 0.4) is 0 Å². The SMILES string of the molecule is Cc1nc(C(C)Nc2cccc(I)c2)cs1. The fourth-order valence-corrected chi connectivity index (χ4v) is 2.73. The molecular weight excluding hydrogens is 331 g/mol. The number of thiazole rings is 1. The van der Waals surface area contributed by atoms with Crippen LogP contribution in [0.2, 0.25) is 0 Å². The van der Waals surface area contributed by atoms with Crippen molar-refractivity contribution in [2.24, 2.45) is 0 Å². The van der Waals surface area contributed by atoms with E-state index in [1.54, 1.807) is 11.3 Å². The monoisotopic (exact) mass is 344 g/mol. The van der Waals surface area contributed by atoms with Gasteiger partial charge in [-0.15, -0.1) is 11.3 Å². The lowest BCUT2D eigenvalue weighted by Crippen LogP contribution is -2.06. The van der Waals surface area contributed by atoms with E-state index in [1.807, 2.05) is 6.92 Å². The van der Waals surface area contributed by atoms with Crippen LogP contribution in [0.1, 0.15) is 23.7 Å². The minimum atomic E-state index is 0.253. The average molecular weight is 344 g/mol. The highest BCUT2D eigenvalue weighted by Crippen LogP contribution is 2.21. The first kappa shape index (κ1) is 11.9. The van der Waals surface area contributed by atoms with Crippen LogP contribution in [-0.4, -0.2) is 4.98 Å². The van der Waals surface area contributed by atoms with Gasteiger partial charge in [0.1, 0.15) is 0 Å². The highest BCUT2D eigenvalue weighted by atomic mass is 127. The molecule has 84 valence electrons. The maximum absolute atomic E-state index is 4.48. The number of nitrogens with zero attached hydrogens (tertiary/aromatic N) is 1. The number of halogens is 1. The van der Waals surface area contributed by atoms with Crippen molar-refractivity contribution in [2.45, 2.75) is 19.9 Å². The fraction of sp³-hybridized carbons (Fsp3) is 0.250. The van der Waals surface area contributed by atoms with Crippen molar-refractivity contribution in [2.75, 3.05) is 5.32 Å². The summed E-state index contributed by atoms with van der Waals surface area (Å²) in [5.41, 5.74) is 2.26. The lowest BCUT2D eigenvalue weighted by molar-refractivity contribution is 0.845. The molecule has 16 heavy (non-hydrogen) atoms. The summed E-state index contributed by atoms with van der Waals surface area (Å²) in [7, 11) is 0.